The quantitative estimate of drug-likeness (QED) is 0.0475. The van der Waals surface area contributed by atoms with Crippen molar-refractivity contribution in [1.82, 2.24) is 19.5 Å². The second kappa shape index (κ2) is 17.8. The molecule has 0 saturated heterocycles. The van der Waals surface area contributed by atoms with Crippen LogP contribution in [0.4, 0.5) is 4.79 Å². The van der Waals surface area contributed by atoms with Crippen molar-refractivity contribution in [3.8, 4) is 0 Å². The van der Waals surface area contributed by atoms with Gasteiger partial charge in [-0.25, -0.2) is 13.2 Å². The zero-order valence-electron chi connectivity index (χ0n) is 29.6. The first-order valence-electron chi connectivity index (χ1n) is 17.3. The number of aliphatic hydroxyl groups excluding tert-OH is 1. The first-order chi connectivity index (χ1) is 25.5. The second-order valence-corrected chi connectivity index (χ2v) is 15.3. The molecule has 0 radical (unpaired) electrons. The van der Waals surface area contributed by atoms with Crippen LogP contribution < -0.4 is 5.32 Å². The van der Waals surface area contributed by atoms with Gasteiger partial charge in [-0.2, -0.15) is 4.31 Å². The van der Waals surface area contributed by atoms with Gasteiger partial charge in [-0.1, -0.05) is 110 Å². The Hall–Kier alpha value is -5.50. The van der Waals surface area contributed by atoms with Gasteiger partial charge in [-0.15, -0.1) is 0 Å². The minimum Gasteiger partial charge on any atom is -0.465 e. The van der Waals surface area contributed by atoms with Crippen LogP contribution in [0, 0.1) is 5.92 Å². The molecule has 0 spiro atoms. The summed E-state index contributed by atoms with van der Waals surface area (Å²) in [4.78, 5) is 31.7. The summed E-state index contributed by atoms with van der Waals surface area (Å²) in [6.07, 6.45) is 0.439. The van der Waals surface area contributed by atoms with Crippen LogP contribution in [0.15, 0.2) is 125 Å². The zero-order valence-corrected chi connectivity index (χ0v) is 30.4. The molecule has 0 aliphatic heterocycles. The van der Waals surface area contributed by atoms with Crippen molar-refractivity contribution in [2.45, 2.75) is 56.3 Å². The van der Waals surface area contributed by atoms with Gasteiger partial charge in [0.1, 0.15) is 6.04 Å². The predicted octanol–water partition coefficient (Wildman–Crippen LogP) is 5.50. The van der Waals surface area contributed by atoms with Crippen LogP contribution >= 0.6 is 0 Å². The number of aromatic amines is 1. The normalized spacial score (nSPS) is 13.7. The number of benzene rings is 4. The highest BCUT2D eigenvalue weighted by atomic mass is 32.2. The fourth-order valence-electron chi connectivity index (χ4n) is 6.33. The van der Waals surface area contributed by atoms with E-state index in [2.05, 4.69) is 15.5 Å². The van der Waals surface area contributed by atoms with Crippen molar-refractivity contribution >= 4 is 39.1 Å². The third-order valence-corrected chi connectivity index (χ3v) is 10.8. The molecule has 0 fully saturated rings. The number of hydrogen-bond acceptors (Lipinski definition) is 7. The van der Waals surface area contributed by atoms with Gasteiger partial charge in [-0.3, -0.25) is 9.69 Å². The van der Waals surface area contributed by atoms with E-state index in [4.69, 9.17) is 5.21 Å². The summed E-state index contributed by atoms with van der Waals surface area (Å²) in [5.74, 6) is -0.740. The van der Waals surface area contributed by atoms with Crippen molar-refractivity contribution in [2.24, 2.45) is 11.1 Å². The molecule has 0 aliphatic rings. The standard InChI is InChI=1S/C40H45N5O7S/c1-28(2)25-44(53(51,52)33-19-17-30(18-20-33)23-42-50)27-38(46)36(21-29-11-5-3-6-12-29)43-39(47)37(22-32-24-41-35-16-10-9-15-34(32)35)45(40(48)49)26-31-13-7-4-8-14-31/h3-20,23-24,28,36-38,41,46,50H,21-22,25-27H2,1-2H3,(H,43,47)(H,48,49)/t36-,37-,38+/m0/s1. The number of oxime groups is 1. The van der Waals surface area contributed by atoms with Gasteiger partial charge >= 0.3 is 6.09 Å². The highest BCUT2D eigenvalue weighted by molar-refractivity contribution is 7.89. The molecule has 0 unspecified atom stereocenters. The number of para-hydroxylation sites is 1. The molecule has 0 aliphatic carbocycles. The maximum atomic E-state index is 14.5. The van der Waals surface area contributed by atoms with E-state index >= 15 is 0 Å². The van der Waals surface area contributed by atoms with E-state index in [0.717, 1.165) is 26.9 Å². The first-order valence-corrected chi connectivity index (χ1v) is 18.8. The number of nitrogens with one attached hydrogen (secondary N) is 2. The highest BCUT2D eigenvalue weighted by Crippen LogP contribution is 2.24. The van der Waals surface area contributed by atoms with Crippen molar-refractivity contribution < 1.29 is 33.4 Å². The van der Waals surface area contributed by atoms with Gasteiger partial charge in [0.25, 0.3) is 0 Å². The summed E-state index contributed by atoms with van der Waals surface area (Å²) in [6.45, 7) is 3.39. The third-order valence-electron chi connectivity index (χ3n) is 8.98. The summed E-state index contributed by atoms with van der Waals surface area (Å²) >= 11 is 0. The number of nitrogens with zero attached hydrogens (tertiary/aromatic N) is 3. The van der Waals surface area contributed by atoms with Crippen molar-refractivity contribution in [1.29, 1.82) is 0 Å². The smallest absolute Gasteiger partial charge is 0.408 e. The molecule has 5 N–H and O–H groups in total. The van der Waals surface area contributed by atoms with Crippen LogP contribution in [0.2, 0.25) is 0 Å². The van der Waals surface area contributed by atoms with E-state index in [-0.39, 0.29) is 43.3 Å². The molecular formula is C40H45N5O7S. The van der Waals surface area contributed by atoms with Gasteiger partial charge < -0.3 is 25.7 Å². The molecule has 4 aromatic carbocycles. The number of rotatable bonds is 17. The van der Waals surface area contributed by atoms with Gasteiger partial charge in [-0.05, 0) is 52.8 Å². The maximum absolute atomic E-state index is 14.5. The predicted molar refractivity (Wildman–Crippen MR) is 203 cm³/mol. The lowest BCUT2D eigenvalue weighted by Crippen LogP contribution is -2.56. The summed E-state index contributed by atoms with van der Waals surface area (Å²) in [5.41, 5.74) is 3.55. The maximum Gasteiger partial charge on any atom is 0.408 e. The average molecular weight is 740 g/mol. The fourth-order valence-corrected chi connectivity index (χ4v) is 7.95. The number of amides is 2. The van der Waals surface area contributed by atoms with Crippen LogP contribution in [-0.4, -0.2) is 87.5 Å². The number of hydrogen-bond donors (Lipinski definition) is 5. The summed E-state index contributed by atoms with van der Waals surface area (Å²) < 4.78 is 29.2. The summed E-state index contributed by atoms with van der Waals surface area (Å²) in [6, 6.07) is 29.3. The largest absolute Gasteiger partial charge is 0.465 e. The Morgan fingerprint density at radius 3 is 2.09 bits per heavy atom. The number of carbonyl (C=O) groups excluding carboxylic acids is 1. The third kappa shape index (κ3) is 10.1. The topological polar surface area (TPSA) is 176 Å². The van der Waals surface area contributed by atoms with Crippen LogP contribution in [0.1, 0.15) is 36.1 Å². The summed E-state index contributed by atoms with van der Waals surface area (Å²) in [7, 11) is -4.12. The number of carboxylic acid groups (broad SMARTS) is 1. The van der Waals surface area contributed by atoms with Crippen LogP contribution in [0.25, 0.3) is 10.9 Å². The summed E-state index contributed by atoms with van der Waals surface area (Å²) in [5, 5.41) is 38.1. The fraction of sp³-hybridized carbons (Fsp3) is 0.275. The molecule has 12 nitrogen and oxygen atoms in total. The van der Waals surface area contributed by atoms with Crippen LogP contribution in [-0.2, 0) is 34.2 Å². The van der Waals surface area contributed by atoms with Crippen molar-refractivity contribution in [3.05, 3.63) is 138 Å². The van der Waals surface area contributed by atoms with Gasteiger partial charge in [0, 0.05) is 43.2 Å². The highest BCUT2D eigenvalue weighted by Gasteiger charge is 2.36. The number of sulfonamides is 1. The van der Waals surface area contributed by atoms with Crippen LogP contribution in [0.3, 0.4) is 0 Å². The average Bonchev–Trinajstić information content (AvgIpc) is 3.56. The molecule has 53 heavy (non-hydrogen) atoms. The Kier molecular flexibility index (Phi) is 13.0. The molecule has 13 heteroatoms. The zero-order chi connectivity index (χ0) is 38.0. The molecule has 3 atom stereocenters. The van der Waals surface area contributed by atoms with E-state index in [1.54, 1.807) is 30.5 Å². The molecule has 5 rings (SSSR count). The molecule has 5 aromatic rings. The second-order valence-electron chi connectivity index (χ2n) is 13.4. The Labute approximate surface area is 309 Å². The first kappa shape index (κ1) is 38.7. The molecular weight excluding hydrogens is 695 g/mol. The van der Waals surface area contributed by atoms with E-state index in [9.17, 15) is 28.2 Å². The number of fused-ring (bicyclic) bond motifs is 1. The molecule has 1 aromatic heterocycles. The van der Waals surface area contributed by atoms with Crippen LogP contribution in [0.5, 0.6) is 0 Å². The molecule has 278 valence electrons. The Balaban J connectivity index is 1.49. The number of H-pyrrole nitrogens is 1. The van der Waals surface area contributed by atoms with E-state index < -0.39 is 40.2 Å². The van der Waals surface area contributed by atoms with E-state index in [1.165, 1.54) is 34.8 Å². The van der Waals surface area contributed by atoms with E-state index in [1.807, 2.05) is 74.5 Å². The van der Waals surface area contributed by atoms with Crippen molar-refractivity contribution in [2.75, 3.05) is 13.1 Å². The minimum absolute atomic E-state index is 0.0131. The Morgan fingerprint density at radius 2 is 1.47 bits per heavy atom. The monoisotopic (exact) mass is 739 g/mol. The molecule has 0 bridgehead atoms. The lowest BCUT2D eigenvalue weighted by atomic mass is 9.98. The van der Waals surface area contributed by atoms with E-state index in [0.29, 0.717) is 11.1 Å². The molecule has 1 heterocycles. The number of carbonyl (C=O) groups is 2. The Morgan fingerprint density at radius 1 is 0.849 bits per heavy atom. The lowest BCUT2D eigenvalue weighted by Gasteiger charge is -2.33. The van der Waals surface area contributed by atoms with Gasteiger partial charge in [0.15, 0.2) is 0 Å². The molecule has 0 saturated carbocycles. The SMILES string of the molecule is CC(C)CN(C[C@@H](O)[C@H](Cc1ccccc1)NC(=O)[C@H](Cc1c[nH]c2ccccc12)N(Cc1ccccc1)C(=O)O)S(=O)(=O)c1ccc(C=NO)cc1. The minimum atomic E-state index is -4.12. The Bertz CT molecular complexity index is 2090. The lowest BCUT2D eigenvalue weighted by molar-refractivity contribution is -0.127. The van der Waals surface area contributed by atoms with Gasteiger partial charge in [0.2, 0.25) is 15.9 Å². The van der Waals surface area contributed by atoms with Gasteiger partial charge in [0.05, 0.1) is 23.3 Å². The van der Waals surface area contributed by atoms with Crippen molar-refractivity contribution in [3.63, 3.8) is 0 Å². The number of aliphatic hydroxyl groups is 1. The molecule has 2 amide bonds. The number of aromatic nitrogens is 1.